The second-order valence-electron chi connectivity index (χ2n) is 5.17. The average molecular weight is 284 g/mol. The van der Waals surface area contributed by atoms with Gasteiger partial charge in [-0.05, 0) is 32.0 Å². The maximum absolute atomic E-state index is 12.5. The van der Waals surface area contributed by atoms with Crippen molar-refractivity contribution in [2.45, 2.75) is 26.4 Å². The van der Waals surface area contributed by atoms with Gasteiger partial charge in [-0.25, -0.2) is 14.6 Å². The average Bonchev–Trinajstić information content (AvgIpc) is 2.91. The van der Waals surface area contributed by atoms with Gasteiger partial charge in [0.1, 0.15) is 12.2 Å². The van der Waals surface area contributed by atoms with E-state index in [1.54, 1.807) is 22.9 Å². The molecule has 0 amide bonds. The van der Waals surface area contributed by atoms with Gasteiger partial charge in [0.2, 0.25) is 0 Å². The van der Waals surface area contributed by atoms with Crippen LogP contribution in [0.15, 0.2) is 35.6 Å². The van der Waals surface area contributed by atoms with Crippen LogP contribution < -0.4 is 11.3 Å². The number of nitrogens with zero attached hydrogens (tertiary/aromatic N) is 5. The van der Waals surface area contributed by atoms with Crippen molar-refractivity contribution in [2.24, 2.45) is 0 Å². The third-order valence-electron chi connectivity index (χ3n) is 3.30. The van der Waals surface area contributed by atoms with Crippen molar-refractivity contribution in [3.63, 3.8) is 0 Å². The summed E-state index contributed by atoms with van der Waals surface area (Å²) >= 11 is 0. The first-order chi connectivity index (χ1) is 10.1. The van der Waals surface area contributed by atoms with Gasteiger partial charge in [-0.2, -0.15) is 5.10 Å². The van der Waals surface area contributed by atoms with Gasteiger partial charge in [-0.15, -0.1) is 0 Å². The van der Waals surface area contributed by atoms with Crippen molar-refractivity contribution in [3.05, 3.63) is 47.0 Å². The molecule has 0 saturated carbocycles. The van der Waals surface area contributed by atoms with Crippen molar-refractivity contribution in [3.8, 4) is 0 Å². The van der Waals surface area contributed by atoms with Gasteiger partial charge in [-0.1, -0.05) is 0 Å². The Kier molecular flexibility index (Phi) is 3.17. The van der Waals surface area contributed by atoms with Crippen molar-refractivity contribution in [1.29, 1.82) is 0 Å². The molecule has 1 aromatic carbocycles. The van der Waals surface area contributed by atoms with Crippen LogP contribution in [0.25, 0.3) is 10.9 Å². The Labute approximate surface area is 121 Å². The van der Waals surface area contributed by atoms with Crippen LogP contribution in [0.3, 0.4) is 0 Å². The molecule has 3 aromatic rings. The summed E-state index contributed by atoms with van der Waals surface area (Å²) < 4.78 is 3.31. The Morgan fingerprint density at radius 3 is 2.86 bits per heavy atom. The molecule has 21 heavy (non-hydrogen) atoms. The Balaban J connectivity index is 2.07. The third kappa shape index (κ3) is 2.37. The number of fused-ring (bicyclic) bond motifs is 1. The van der Waals surface area contributed by atoms with Crippen LogP contribution in [0, 0.1) is 0 Å². The predicted octanol–water partition coefficient (Wildman–Crippen LogP) is 1.20. The van der Waals surface area contributed by atoms with E-state index in [2.05, 4.69) is 15.1 Å². The zero-order valence-corrected chi connectivity index (χ0v) is 11.9. The molecule has 7 nitrogen and oxygen atoms in total. The summed E-state index contributed by atoms with van der Waals surface area (Å²) in [6, 6.07) is 5.30. The van der Waals surface area contributed by atoms with Gasteiger partial charge in [0.25, 0.3) is 5.56 Å². The molecule has 0 spiro atoms. The number of benzene rings is 1. The fourth-order valence-corrected chi connectivity index (χ4v) is 2.26. The van der Waals surface area contributed by atoms with Gasteiger partial charge in [0, 0.05) is 11.7 Å². The highest BCUT2D eigenvalue weighted by Gasteiger charge is 2.11. The van der Waals surface area contributed by atoms with E-state index in [0.29, 0.717) is 23.1 Å². The molecule has 0 aliphatic rings. The van der Waals surface area contributed by atoms with E-state index in [1.165, 1.54) is 17.2 Å². The smallest absolute Gasteiger partial charge is 0.261 e. The summed E-state index contributed by atoms with van der Waals surface area (Å²) in [5, 5.41) is 4.68. The fraction of sp³-hybridized carbons (Fsp3) is 0.286. The highest BCUT2D eigenvalue weighted by Crippen LogP contribution is 2.12. The Morgan fingerprint density at radius 2 is 2.10 bits per heavy atom. The summed E-state index contributed by atoms with van der Waals surface area (Å²) in [4.78, 5) is 21.0. The van der Waals surface area contributed by atoms with Crippen LogP contribution in [-0.4, -0.2) is 24.3 Å². The Morgan fingerprint density at radius 1 is 1.29 bits per heavy atom. The van der Waals surface area contributed by atoms with Gasteiger partial charge in [0.05, 0.1) is 23.8 Å². The third-order valence-corrected chi connectivity index (χ3v) is 3.30. The first-order valence-electron chi connectivity index (χ1n) is 6.69. The minimum absolute atomic E-state index is 0.134. The molecule has 2 aromatic heterocycles. The standard InChI is InChI=1S/C14H16N6O/c1-9(2)20-13(16-7-18-20)6-19-8-17-12-4-3-10(15)5-11(12)14(19)21/h3-5,7-9H,6,15H2,1-2H3. The fourth-order valence-electron chi connectivity index (χ4n) is 2.26. The summed E-state index contributed by atoms with van der Waals surface area (Å²) in [6.07, 6.45) is 3.02. The van der Waals surface area contributed by atoms with Crippen LogP contribution in [0.4, 0.5) is 5.69 Å². The van der Waals surface area contributed by atoms with Gasteiger partial charge in [-0.3, -0.25) is 9.36 Å². The lowest BCUT2D eigenvalue weighted by Gasteiger charge is -2.11. The van der Waals surface area contributed by atoms with E-state index in [0.717, 1.165) is 5.82 Å². The van der Waals surface area contributed by atoms with Crippen LogP contribution in [0.5, 0.6) is 0 Å². The quantitative estimate of drug-likeness (QED) is 0.730. The van der Waals surface area contributed by atoms with E-state index in [4.69, 9.17) is 5.73 Å². The van der Waals surface area contributed by atoms with E-state index in [9.17, 15) is 4.79 Å². The largest absolute Gasteiger partial charge is 0.399 e. The number of hydrogen-bond donors (Lipinski definition) is 1. The number of hydrogen-bond acceptors (Lipinski definition) is 5. The zero-order valence-electron chi connectivity index (χ0n) is 11.9. The number of aromatic nitrogens is 5. The van der Waals surface area contributed by atoms with Crippen LogP contribution in [-0.2, 0) is 6.54 Å². The van der Waals surface area contributed by atoms with Gasteiger partial charge in [0.15, 0.2) is 0 Å². The molecule has 7 heteroatoms. The minimum atomic E-state index is -0.134. The van der Waals surface area contributed by atoms with Crippen molar-refractivity contribution in [2.75, 3.05) is 5.73 Å². The molecule has 108 valence electrons. The van der Waals surface area contributed by atoms with E-state index in [1.807, 2.05) is 13.8 Å². The number of nitrogen functional groups attached to an aromatic ring is 1. The second kappa shape index (κ2) is 5.01. The molecule has 0 unspecified atom stereocenters. The molecule has 0 aliphatic carbocycles. The summed E-state index contributed by atoms with van der Waals surface area (Å²) in [7, 11) is 0. The molecular formula is C14H16N6O. The van der Waals surface area contributed by atoms with Crippen molar-refractivity contribution >= 4 is 16.6 Å². The number of anilines is 1. The molecule has 2 heterocycles. The van der Waals surface area contributed by atoms with Crippen LogP contribution in [0.1, 0.15) is 25.7 Å². The number of rotatable bonds is 3. The molecule has 3 rings (SSSR count). The maximum atomic E-state index is 12.5. The molecule has 0 atom stereocenters. The number of nitrogens with two attached hydrogens (primary N) is 1. The molecule has 2 N–H and O–H groups in total. The summed E-state index contributed by atoms with van der Waals surface area (Å²) in [5.74, 6) is 0.720. The topological polar surface area (TPSA) is 91.6 Å². The van der Waals surface area contributed by atoms with Gasteiger partial charge >= 0.3 is 0 Å². The summed E-state index contributed by atoms with van der Waals surface area (Å²) in [6.45, 7) is 4.36. The molecule has 0 radical (unpaired) electrons. The van der Waals surface area contributed by atoms with Crippen molar-refractivity contribution < 1.29 is 0 Å². The monoisotopic (exact) mass is 284 g/mol. The first-order valence-corrected chi connectivity index (χ1v) is 6.69. The molecule has 0 fully saturated rings. The SMILES string of the molecule is CC(C)n1ncnc1Cn1cnc2ccc(N)cc2c1=O. The van der Waals surface area contributed by atoms with Crippen LogP contribution in [0.2, 0.25) is 0 Å². The van der Waals surface area contributed by atoms with Crippen molar-refractivity contribution in [1.82, 2.24) is 24.3 Å². The molecule has 0 saturated heterocycles. The Bertz CT molecular complexity index is 848. The highest BCUT2D eigenvalue weighted by atomic mass is 16.1. The molecule has 0 aliphatic heterocycles. The van der Waals surface area contributed by atoms with E-state index >= 15 is 0 Å². The second-order valence-corrected chi connectivity index (χ2v) is 5.17. The van der Waals surface area contributed by atoms with Crippen LogP contribution >= 0.6 is 0 Å². The lowest BCUT2D eigenvalue weighted by Crippen LogP contribution is -2.23. The lowest BCUT2D eigenvalue weighted by atomic mass is 10.2. The Hall–Kier alpha value is -2.70. The first kappa shape index (κ1) is 13.3. The lowest BCUT2D eigenvalue weighted by molar-refractivity contribution is 0.493. The van der Waals surface area contributed by atoms with E-state index < -0.39 is 0 Å². The maximum Gasteiger partial charge on any atom is 0.261 e. The molecular weight excluding hydrogens is 268 g/mol. The predicted molar refractivity (Wildman–Crippen MR) is 79.9 cm³/mol. The minimum Gasteiger partial charge on any atom is -0.399 e. The van der Waals surface area contributed by atoms with Gasteiger partial charge < -0.3 is 5.73 Å². The normalized spacial score (nSPS) is 11.4. The molecule has 0 bridgehead atoms. The highest BCUT2D eigenvalue weighted by molar-refractivity contribution is 5.80. The summed E-state index contributed by atoms with van der Waals surface area (Å²) in [5.41, 5.74) is 6.79. The zero-order chi connectivity index (χ0) is 15.0. The van der Waals surface area contributed by atoms with E-state index in [-0.39, 0.29) is 11.6 Å².